The van der Waals surface area contributed by atoms with Gasteiger partial charge in [0.2, 0.25) is 5.69 Å². The fourth-order valence-electron chi connectivity index (χ4n) is 1.20. The maximum absolute atomic E-state index is 11.9. The summed E-state index contributed by atoms with van der Waals surface area (Å²) >= 11 is 0. The van der Waals surface area contributed by atoms with Gasteiger partial charge in [-0.25, -0.2) is 8.42 Å². The van der Waals surface area contributed by atoms with Gasteiger partial charge in [-0.15, -0.1) is 0 Å². The number of sulfonamides is 1. The van der Waals surface area contributed by atoms with Crippen LogP contribution in [0.5, 0.6) is 0 Å². The van der Waals surface area contributed by atoms with E-state index in [-0.39, 0.29) is 15.6 Å². The van der Waals surface area contributed by atoms with Crippen molar-refractivity contribution in [1.29, 1.82) is 0 Å². The highest BCUT2D eigenvalue weighted by Crippen LogP contribution is 2.14. The molecular weight excluding hydrogens is 222 g/mol. The first-order valence-corrected chi connectivity index (χ1v) is 5.95. The van der Waals surface area contributed by atoms with Crippen LogP contribution < -0.4 is 4.90 Å². The molecule has 0 N–H and O–H groups in total. The van der Waals surface area contributed by atoms with Crippen molar-refractivity contribution in [2.75, 3.05) is 13.1 Å². The summed E-state index contributed by atoms with van der Waals surface area (Å²) in [7, 11) is -3.70. The van der Waals surface area contributed by atoms with Gasteiger partial charge in [0.15, 0.2) is 0 Å². The molecule has 1 rings (SSSR count). The molecule has 0 saturated heterocycles. The van der Waals surface area contributed by atoms with Crippen molar-refractivity contribution in [3.05, 3.63) is 10.9 Å². The SMILES string of the molecule is CCN(CC)S(=O)(=O)c1no[n+]([O-])c1C. The molecule has 15 heavy (non-hydrogen) atoms. The molecule has 0 aliphatic heterocycles. The minimum absolute atomic E-state index is 0.0538. The van der Waals surface area contributed by atoms with E-state index in [0.717, 1.165) is 0 Å². The first kappa shape index (κ1) is 11.9. The summed E-state index contributed by atoms with van der Waals surface area (Å²) in [5.74, 6) is 0. The summed E-state index contributed by atoms with van der Waals surface area (Å²) in [6, 6.07) is 0. The molecule has 0 aliphatic rings. The predicted molar refractivity (Wildman–Crippen MR) is 50.3 cm³/mol. The fraction of sp³-hybridized carbons (Fsp3) is 0.714. The average molecular weight is 235 g/mol. The van der Waals surface area contributed by atoms with E-state index in [1.165, 1.54) is 11.2 Å². The Labute approximate surface area is 87.9 Å². The second-order valence-electron chi connectivity index (χ2n) is 2.91. The van der Waals surface area contributed by atoms with E-state index >= 15 is 0 Å². The lowest BCUT2D eigenvalue weighted by Crippen LogP contribution is -2.33. The molecule has 1 aromatic rings. The maximum Gasteiger partial charge on any atom is 0.349 e. The van der Waals surface area contributed by atoms with Gasteiger partial charge < -0.3 is 5.21 Å². The van der Waals surface area contributed by atoms with Gasteiger partial charge in [0.25, 0.3) is 10.0 Å². The summed E-state index contributed by atoms with van der Waals surface area (Å²) in [6.45, 7) is 5.41. The van der Waals surface area contributed by atoms with E-state index in [9.17, 15) is 13.6 Å². The van der Waals surface area contributed by atoms with E-state index < -0.39 is 10.0 Å². The molecule has 0 aromatic carbocycles. The zero-order chi connectivity index (χ0) is 11.6. The average Bonchev–Trinajstić information content (AvgIpc) is 2.49. The Morgan fingerprint density at radius 1 is 1.47 bits per heavy atom. The normalized spacial score (nSPS) is 12.3. The molecule has 0 aliphatic carbocycles. The van der Waals surface area contributed by atoms with Gasteiger partial charge in [0.05, 0.1) is 5.16 Å². The molecule has 1 heterocycles. The molecule has 0 bridgehead atoms. The highest BCUT2D eigenvalue weighted by atomic mass is 32.2. The third kappa shape index (κ3) is 1.95. The Balaban J connectivity index is 3.22. The Hall–Kier alpha value is -1.15. The van der Waals surface area contributed by atoms with Crippen LogP contribution in [0.2, 0.25) is 0 Å². The van der Waals surface area contributed by atoms with Crippen molar-refractivity contribution in [3.63, 3.8) is 0 Å². The summed E-state index contributed by atoms with van der Waals surface area (Å²) in [6.07, 6.45) is 0. The zero-order valence-electron chi connectivity index (χ0n) is 8.80. The lowest BCUT2D eigenvalue weighted by molar-refractivity contribution is -0.807. The van der Waals surface area contributed by atoms with Crippen LogP contribution in [-0.2, 0) is 10.0 Å². The largest absolute Gasteiger partial charge is 0.359 e. The maximum atomic E-state index is 11.9. The molecule has 0 radical (unpaired) electrons. The van der Waals surface area contributed by atoms with Crippen molar-refractivity contribution >= 4 is 10.0 Å². The van der Waals surface area contributed by atoms with Gasteiger partial charge >= 0.3 is 5.03 Å². The molecule has 0 spiro atoms. The van der Waals surface area contributed by atoms with Gasteiger partial charge in [-0.2, -0.15) is 4.31 Å². The number of rotatable bonds is 4. The van der Waals surface area contributed by atoms with Gasteiger partial charge in [0.1, 0.15) is 0 Å². The summed E-state index contributed by atoms with van der Waals surface area (Å²) in [4.78, 5) is 0.0797. The van der Waals surface area contributed by atoms with Crippen LogP contribution >= 0.6 is 0 Å². The molecule has 0 atom stereocenters. The van der Waals surface area contributed by atoms with Crippen molar-refractivity contribution < 1.29 is 17.9 Å². The van der Waals surface area contributed by atoms with E-state index in [0.29, 0.717) is 13.1 Å². The summed E-state index contributed by atoms with van der Waals surface area (Å²) in [5.41, 5.74) is -0.0538. The Kier molecular flexibility index (Phi) is 3.30. The van der Waals surface area contributed by atoms with Gasteiger partial charge in [-0.05, 0) is 4.90 Å². The third-order valence-corrected chi connectivity index (χ3v) is 4.13. The second-order valence-corrected chi connectivity index (χ2v) is 4.76. The number of nitrogens with zero attached hydrogens (tertiary/aromatic N) is 3. The monoisotopic (exact) mass is 235 g/mol. The second kappa shape index (κ2) is 4.15. The van der Waals surface area contributed by atoms with Crippen molar-refractivity contribution in [2.24, 2.45) is 0 Å². The molecule has 0 saturated carbocycles. The van der Waals surface area contributed by atoms with Crippen LogP contribution in [0.3, 0.4) is 0 Å². The third-order valence-electron chi connectivity index (χ3n) is 2.07. The van der Waals surface area contributed by atoms with Crippen LogP contribution in [-0.4, -0.2) is 31.0 Å². The fourth-order valence-corrected chi connectivity index (χ4v) is 2.70. The van der Waals surface area contributed by atoms with Crippen LogP contribution in [0.4, 0.5) is 0 Å². The number of aromatic nitrogens is 2. The van der Waals surface area contributed by atoms with Gasteiger partial charge in [-0.3, -0.25) is 4.63 Å². The van der Waals surface area contributed by atoms with E-state index in [2.05, 4.69) is 9.79 Å². The molecule has 1 aromatic heterocycles. The molecule has 7 nitrogen and oxygen atoms in total. The molecule has 0 unspecified atom stereocenters. The Bertz CT molecular complexity index is 435. The number of hydrogen-bond acceptors (Lipinski definition) is 5. The summed E-state index contributed by atoms with van der Waals surface area (Å²) in [5, 5.41) is 13.8. The number of hydrogen-bond donors (Lipinski definition) is 0. The minimum Gasteiger partial charge on any atom is -0.359 e. The van der Waals surface area contributed by atoms with Crippen LogP contribution in [0.25, 0.3) is 0 Å². The van der Waals surface area contributed by atoms with Crippen LogP contribution in [0.1, 0.15) is 19.5 Å². The van der Waals surface area contributed by atoms with Crippen molar-refractivity contribution in [1.82, 2.24) is 9.46 Å². The van der Waals surface area contributed by atoms with Crippen LogP contribution in [0, 0.1) is 12.1 Å². The molecule has 0 fully saturated rings. The van der Waals surface area contributed by atoms with Gasteiger partial charge in [-0.1, -0.05) is 13.8 Å². The molecule has 86 valence electrons. The van der Waals surface area contributed by atoms with Crippen LogP contribution in [0.15, 0.2) is 9.65 Å². The Morgan fingerprint density at radius 2 is 2.00 bits per heavy atom. The topological polar surface area (TPSA) is 90.4 Å². The standard InChI is InChI=1S/C7H13N3O4S/c1-4-9(5-2)15(12,13)7-6(3)10(11)14-8-7/h4-5H2,1-3H3. The van der Waals surface area contributed by atoms with E-state index in [1.807, 2.05) is 0 Å². The highest BCUT2D eigenvalue weighted by Gasteiger charge is 2.33. The highest BCUT2D eigenvalue weighted by molar-refractivity contribution is 7.89. The summed E-state index contributed by atoms with van der Waals surface area (Å²) < 4.78 is 29.2. The van der Waals surface area contributed by atoms with Crippen molar-refractivity contribution in [3.8, 4) is 0 Å². The Morgan fingerprint density at radius 3 is 2.33 bits per heavy atom. The molecule has 8 heteroatoms. The van der Waals surface area contributed by atoms with E-state index in [4.69, 9.17) is 0 Å². The minimum atomic E-state index is -3.70. The lowest BCUT2D eigenvalue weighted by atomic mass is 10.6. The predicted octanol–water partition coefficient (Wildman–Crippen LogP) is -0.353. The smallest absolute Gasteiger partial charge is 0.349 e. The molecule has 0 amide bonds. The zero-order valence-corrected chi connectivity index (χ0v) is 9.61. The first-order valence-electron chi connectivity index (χ1n) is 4.51. The van der Waals surface area contributed by atoms with Gasteiger partial charge in [0, 0.05) is 20.0 Å². The quantitative estimate of drug-likeness (QED) is 0.665. The van der Waals surface area contributed by atoms with E-state index in [1.54, 1.807) is 13.8 Å². The van der Waals surface area contributed by atoms with Crippen molar-refractivity contribution in [2.45, 2.75) is 25.8 Å². The molecular formula is C7H13N3O4S. The first-order chi connectivity index (χ1) is 6.95. The lowest BCUT2D eigenvalue weighted by Gasteiger charge is -2.14.